The van der Waals surface area contributed by atoms with Crippen LogP contribution < -0.4 is 4.74 Å². The molecule has 1 aliphatic heterocycles. The number of cyclic esters (lactones) is 1. The van der Waals surface area contributed by atoms with E-state index in [2.05, 4.69) is 13.8 Å². The summed E-state index contributed by atoms with van der Waals surface area (Å²) in [6, 6.07) is 5.83. The lowest BCUT2D eigenvalue weighted by Gasteiger charge is -2.36. The van der Waals surface area contributed by atoms with Gasteiger partial charge in [-0.3, -0.25) is 9.69 Å². The smallest absolute Gasteiger partial charge is 0.416 e. The van der Waals surface area contributed by atoms with Gasteiger partial charge >= 0.3 is 24.4 Å². The monoisotopic (exact) mass is 641 g/mol. The highest BCUT2D eigenvalue weighted by atomic mass is 19.4. The van der Waals surface area contributed by atoms with Gasteiger partial charge < -0.3 is 14.6 Å². The van der Waals surface area contributed by atoms with Crippen molar-refractivity contribution in [3.05, 3.63) is 69.8 Å². The fourth-order valence-corrected chi connectivity index (χ4v) is 6.24. The molecule has 1 fully saturated rings. The highest BCUT2D eigenvalue weighted by molar-refractivity contribution is 5.77. The molecule has 2 aliphatic rings. The lowest BCUT2D eigenvalue weighted by atomic mass is 9.72. The fraction of sp³-hybridized carbons (Fsp3) is 0.515. The van der Waals surface area contributed by atoms with Crippen LogP contribution in [0.5, 0.6) is 5.75 Å². The van der Waals surface area contributed by atoms with Crippen molar-refractivity contribution in [1.29, 1.82) is 0 Å². The number of methoxy groups -OCH3 is 1. The normalized spacial score (nSPS) is 20.8. The van der Waals surface area contributed by atoms with E-state index >= 15 is 0 Å². The van der Waals surface area contributed by atoms with Crippen LogP contribution in [0, 0.1) is 5.41 Å². The van der Waals surface area contributed by atoms with Crippen LogP contribution in [0.25, 0.3) is 5.57 Å². The number of hydrogen-bond acceptors (Lipinski definition) is 4. The molecule has 12 heteroatoms. The maximum Gasteiger partial charge on any atom is 0.416 e. The van der Waals surface area contributed by atoms with E-state index in [4.69, 9.17) is 9.47 Å². The first-order chi connectivity index (χ1) is 20.6. The highest BCUT2D eigenvalue weighted by Crippen LogP contribution is 2.47. The number of rotatable bonds is 8. The second kappa shape index (κ2) is 11.9. The third-order valence-corrected chi connectivity index (χ3v) is 8.76. The quantitative estimate of drug-likeness (QED) is 0.291. The second-order valence-corrected chi connectivity index (χ2v) is 13.3. The van der Waals surface area contributed by atoms with Crippen molar-refractivity contribution in [2.24, 2.45) is 5.41 Å². The molecule has 1 heterocycles. The largest absolute Gasteiger partial charge is 0.496 e. The van der Waals surface area contributed by atoms with Crippen LogP contribution in [0.4, 0.5) is 31.1 Å². The van der Waals surface area contributed by atoms with Crippen molar-refractivity contribution in [3.8, 4) is 5.75 Å². The van der Waals surface area contributed by atoms with Gasteiger partial charge in [0.1, 0.15) is 11.9 Å². The van der Waals surface area contributed by atoms with E-state index in [0.717, 1.165) is 28.7 Å². The Morgan fingerprint density at radius 2 is 1.62 bits per heavy atom. The summed E-state index contributed by atoms with van der Waals surface area (Å²) in [5.74, 6) is -0.397. The van der Waals surface area contributed by atoms with Gasteiger partial charge in [-0.1, -0.05) is 33.8 Å². The number of carboxylic acid groups (broad SMARTS) is 1. The maximum absolute atomic E-state index is 13.6. The van der Waals surface area contributed by atoms with Gasteiger partial charge in [-0.15, -0.1) is 0 Å². The number of alkyl halides is 6. The molecule has 2 atom stereocenters. The molecule has 0 saturated carbocycles. The Kier molecular flexibility index (Phi) is 9.04. The Hall–Kier alpha value is -3.70. The van der Waals surface area contributed by atoms with Crippen LogP contribution in [0.3, 0.4) is 0 Å². The molecule has 2 aromatic carbocycles. The topological polar surface area (TPSA) is 76.1 Å². The Morgan fingerprint density at radius 3 is 2.16 bits per heavy atom. The highest BCUT2D eigenvalue weighted by Gasteiger charge is 2.44. The number of aliphatic carboxylic acids is 1. The molecule has 1 N–H and O–H groups in total. The van der Waals surface area contributed by atoms with Crippen molar-refractivity contribution in [2.45, 2.75) is 90.2 Å². The predicted octanol–water partition coefficient (Wildman–Crippen LogP) is 9.03. The van der Waals surface area contributed by atoms with Crippen molar-refractivity contribution < 1.29 is 50.5 Å². The number of nitrogens with zero attached hydrogens (tertiary/aromatic N) is 1. The molecule has 1 amide bonds. The molecule has 0 spiro atoms. The Labute approximate surface area is 258 Å². The summed E-state index contributed by atoms with van der Waals surface area (Å²) < 4.78 is 92.4. The van der Waals surface area contributed by atoms with Crippen LogP contribution in [0.15, 0.2) is 42.0 Å². The molecular weight excluding hydrogens is 604 g/mol. The van der Waals surface area contributed by atoms with Crippen molar-refractivity contribution in [2.75, 3.05) is 13.7 Å². The number of halogens is 6. The average molecular weight is 642 g/mol. The minimum absolute atomic E-state index is 0.0340. The summed E-state index contributed by atoms with van der Waals surface area (Å²) in [6.07, 6.45) is -10.5. The van der Waals surface area contributed by atoms with Crippen molar-refractivity contribution >= 4 is 17.6 Å². The van der Waals surface area contributed by atoms with Crippen LogP contribution >= 0.6 is 0 Å². The van der Waals surface area contributed by atoms with E-state index in [1.165, 1.54) is 18.9 Å². The van der Waals surface area contributed by atoms with Crippen molar-refractivity contribution in [3.63, 3.8) is 0 Å². The number of allylic oxidation sites excluding steroid dienone is 1. The predicted molar refractivity (Wildman–Crippen MR) is 155 cm³/mol. The van der Waals surface area contributed by atoms with E-state index < -0.39 is 58.7 Å². The maximum atomic E-state index is 13.6. The van der Waals surface area contributed by atoms with E-state index in [1.54, 1.807) is 6.07 Å². The third-order valence-electron chi connectivity index (χ3n) is 8.76. The Balaban J connectivity index is 1.76. The molecule has 6 nitrogen and oxygen atoms in total. The summed E-state index contributed by atoms with van der Waals surface area (Å²) in [6.45, 7) is 9.36. The first kappa shape index (κ1) is 34.2. The van der Waals surface area contributed by atoms with E-state index in [9.17, 15) is 41.0 Å². The van der Waals surface area contributed by atoms with Gasteiger partial charge in [-0.25, -0.2) is 4.79 Å². The molecule has 0 unspecified atom stereocenters. The van der Waals surface area contributed by atoms with Gasteiger partial charge in [-0.05, 0) is 84.2 Å². The summed E-state index contributed by atoms with van der Waals surface area (Å²) in [4.78, 5) is 26.1. The third kappa shape index (κ3) is 7.41. The number of ether oxygens (including phenoxy) is 2. The number of benzene rings is 2. The molecule has 1 aliphatic carbocycles. The number of hydrogen-bond donors (Lipinski definition) is 1. The SMILES string of the molecule is COc1ccc(C(C)(C)CC(=O)O)cc1C1=C(CN2C(=O)O[C@H](c3cc(C(F)(F)F)cc(C(F)(F)F)c3)[C@@H]2C)CC(C)(C)CC1. The van der Waals surface area contributed by atoms with Crippen LogP contribution in [-0.4, -0.2) is 41.8 Å². The zero-order valence-corrected chi connectivity index (χ0v) is 25.9. The Morgan fingerprint density at radius 1 is 1.02 bits per heavy atom. The van der Waals surface area contributed by atoms with Gasteiger partial charge in [0, 0.05) is 17.5 Å². The molecule has 4 rings (SSSR count). The molecule has 0 bridgehead atoms. The van der Waals surface area contributed by atoms with Gasteiger partial charge in [0.2, 0.25) is 0 Å². The van der Waals surface area contributed by atoms with E-state index in [-0.39, 0.29) is 24.4 Å². The summed E-state index contributed by atoms with van der Waals surface area (Å²) in [5, 5.41) is 9.46. The van der Waals surface area contributed by atoms with Crippen LogP contribution in [0.2, 0.25) is 0 Å². The number of carbonyl (C=O) groups is 2. The summed E-state index contributed by atoms with van der Waals surface area (Å²) >= 11 is 0. The van der Waals surface area contributed by atoms with Gasteiger partial charge in [0.15, 0.2) is 0 Å². The molecule has 1 saturated heterocycles. The summed E-state index contributed by atoms with van der Waals surface area (Å²) in [7, 11) is 1.52. The molecule has 0 radical (unpaired) electrons. The lowest BCUT2D eigenvalue weighted by Crippen LogP contribution is -2.35. The molecule has 0 aromatic heterocycles. The summed E-state index contributed by atoms with van der Waals surface area (Å²) in [5.41, 5.74) is -0.975. The fourth-order valence-electron chi connectivity index (χ4n) is 6.24. The first-order valence-corrected chi connectivity index (χ1v) is 14.5. The van der Waals surface area contributed by atoms with E-state index in [0.29, 0.717) is 30.7 Å². The second-order valence-electron chi connectivity index (χ2n) is 13.3. The van der Waals surface area contributed by atoms with Crippen LogP contribution in [-0.2, 0) is 27.3 Å². The lowest BCUT2D eigenvalue weighted by molar-refractivity contribution is -0.143. The standard InChI is InChI=1S/C33H37F6NO5/c1-18-28(19-11-22(32(34,35)36)13-23(12-19)33(37,38)39)45-29(43)40(18)17-20-15-30(2,3)10-9-24(20)25-14-21(7-8-26(25)44-6)31(4,5)16-27(41)42/h7-8,11-14,18,28H,9-10,15-17H2,1-6H3,(H,41,42)/t18-,28-/m0/s1. The zero-order chi connectivity index (χ0) is 33.7. The first-order valence-electron chi connectivity index (χ1n) is 14.5. The number of amides is 1. The van der Waals surface area contributed by atoms with Crippen LogP contribution in [0.1, 0.15) is 94.2 Å². The van der Waals surface area contributed by atoms with E-state index in [1.807, 2.05) is 26.0 Å². The van der Waals surface area contributed by atoms with Gasteiger partial charge in [-0.2, -0.15) is 26.3 Å². The average Bonchev–Trinajstić information content (AvgIpc) is 3.19. The van der Waals surface area contributed by atoms with Gasteiger partial charge in [0.25, 0.3) is 0 Å². The molecular formula is C33H37F6NO5. The minimum Gasteiger partial charge on any atom is -0.496 e. The minimum atomic E-state index is -5.04. The Bertz CT molecular complexity index is 1480. The van der Waals surface area contributed by atoms with Gasteiger partial charge in [0.05, 0.1) is 30.7 Å². The van der Waals surface area contributed by atoms with Crippen molar-refractivity contribution in [1.82, 2.24) is 4.90 Å². The molecule has 45 heavy (non-hydrogen) atoms. The zero-order valence-electron chi connectivity index (χ0n) is 25.9. The molecule has 246 valence electrons. The number of carbonyl (C=O) groups excluding carboxylic acids is 1. The molecule has 2 aromatic rings. The number of carboxylic acids is 1.